The van der Waals surface area contributed by atoms with Crippen molar-refractivity contribution in [2.45, 2.75) is 0 Å². The predicted octanol–water partition coefficient (Wildman–Crippen LogP) is 4.43. The number of hydrogen-bond acceptors (Lipinski definition) is 8. The van der Waals surface area contributed by atoms with Crippen molar-refractivity contribution < 1.29 is 33.4 Å². The zero-order chi connectivity index (χ0) is 26.4. The van der Waals surface area contributed by atoms with Crippen molar-refractivity contribution in [2.75, 3.05) is 32.7 Å². The number of hydrogen-bond donors (Lipinski definition) is 1. The average Bonchev–Trinajstić information content (AvgIpc) is 3.10. The minimum Gasteiger partial charge on any atom is -0.493 e. The van der Waals surface area contributed by atoms with Crippen molar-refractivity contribution >= 4 is 80.7 Å². The second-order valence-corrected chi connectivity index (χ2v) is 9.59. The second-order valence-electron chi connectivity index (χ2n) is 7.03. The Bertz CT molecular complexity index is 1320. The fourth-order valence-corrected chi connectivity index (χ4v) is 4.89. The van der Waals surface area contributed by atoms with Crippen LogP contribution in [0.2, 0.25) is 5.02 Å². The molecular weight excluding hydrogens is 623 g/mol. The highest BCUT2D eigenvalue weighted by Gasteiger charge is 2.36. The van der Waals surface area contributed by atoms with Crippen LogP contribution in [0.5, 0.6) is 11.5 Å². The lowest BCUT2D eigenvalue weighted by Gasteiger charge is -2.13. The number of rotatable bonds is 8. The summed E-state index contributed by atoms with van der Waals surface area (Å²) >= 11 is 8.74. The Labute approximate surface area is 229 Å². The summed E-state index contributed by atoms with van der Waals surface area (Å²) in [6.07, 6.45) is 6.78. The van der Waals surface area contributed by atoms with Gasteiger partial charge in [0.15, 0.2) is 11.5 Å². The molecule has 0 aliphatic carbocycles. The number of amides is 3. The Kier molecular flexibility index (Phi) is 9.25. The molecule has 9 nitrogen and oxygen atoms in total. The summed E-state index contributed by atoms with van der Waals surface area (Å²) in [7, 11) is 2.68. The number of nitrogens with zero attached hydrogens (tertiary/aromatic N) is 1. The lowest BCUT2D eigenvalue weighted by atomic mass is 10.2. The van der Waals surface area contributed by atoms with Crippen LogP contribution < -0.4 is 14.8 Å². The van der Waals surface area contributed by atoms with E-state index in [9.17, 15) is 19.2 Å². The van der Waals surface area contributed by atoms with Crippen LogP contribution in [0.1, 0.15) is 15.9 Å². The Morgan fingerprint density at radius 3 is 2.67 bits per heavy atom. The van der Waals surface area contributed by atoms with Gasteiger partial charge in [0.05, 0.1) is 33.3 Å². The summed E-state index contributed by atoms with van der Waals surface area (Å²) in [5.41, 5.74) is 0.906. The summed E-state index contributed by atoms with van der Waals surface area (Å²) in [4.78, 5) is 50.6. The van der Waals surface area contributed by atoms with Crippen LogP contribution >= 0.6 is 46.0 Å². The summed E-state index contributed by atoms with van der Waals surface area (Å²) in [5, 5.41) is 2.10. The molecule has 1 fully saturated rings. The van der Waals surface area contributed by atoms with Crippen LogP contribution in [0.4, 0.5) is 10.5 Å². The van der Waals surface area contributed by atoms with Gasteiger partial charge in [0.25, 0.3) is 11.1 Å². The maximum atomic E-state index is 12.9. The van der Waals surface area contributed by atoms with E-state index in [1.165, 1.54) is 38.5 Å². The van der Waals surface area contributed by atoms with Gasteiger partial charge < -0.3 is 19.5 Å². The molecule has 186 valence electrons. The first-order valence-electron chi connectivity index (χ1n) is 10.0. The first kappa shape index (κ1) is 27.4. The molecule has 3 amide bonds. The molecule has 12 heteroatoms. The van der Waals surface area contributed by atoms with Crippen molar-refractivity contribution in [1.82, 2.24) is 4.90 Å². The SMILES string of the molecule is C#CCOc1c(I)cc(/C=C2/SC(=O)N(CC(=O)Nc3ccc(Cl)c(C(=O)OC)c3)C2=O)cc1OC. The molecule has 0 unspecified atom stereocenters. The molecule has 0 saturated carbocycles. The standard InChI is InChI=1S/C24H18ClIN2O7S/c1-4-7-35-21-17(26)8-13(9-18(21)33-2)10-19-22(30)28(24(32)36-19)12-20(29)27-14-5-6-16(25)15(11-14)23(31)34-3/h1,5-6,8-11H,7,12H2,2-3H3,(H,27,29)/b19-10+. The molecule has 0 aromatic heterocycles. The first-order chi connectivity index (χ1) is 17.2. The molecule has 1 saturated heterocycles. The number of benzene rings is 2. The number of ether oxygens (including phenoxy) is 3. The molecule has 2 aromatic rings. The Balaban J connectivity index is 1.75. The third kappa shape index (κ3) is 6.31. The Morgan fingerprint density at radius 1 is 1.25 bits per heavy atom. The topological polar surface area (TPSA) is 111 Å². The van der Waals surface area contributed by atoms with E-state index in [1.807, 2.05) is 22.6 Å². The molecule has 0 atom stereocenters. The minimum atomic E-state index is -0.672. The molecule has 0 radical (unpaired) electrons. The van der Waals surface area contributed by atoms with Crippen LogP contribution in [0, 0.1) is 15.9 Å². The number of esters is 1. The first-order valence-corrected chi connectivity index (χ1v) is 12.3. The molecule has 0 spiro atoms. The number of halogens is 2. The van der Waals surface area contributed by atoms with E-state index in [1.54, 1.807) is 12.1 Å². The van der Waals surface area contributed by atoms with Gasteiger partial charge in [-0.1, -0.05) is 17.5 Å². The smallest absolute Gasteiger partial charge is 0.339 e. The van der Waals surface area contributed by atoms with Crippen molar-refractivity contribution in [3.63, 3.8) is 0 Å². The Hall–Kier alpha value is -3.21. The Morgan fingerprint density at radius 2 is 2.00 bits per heavy atom. The van der Waals surface area contributed by atoms with E-state index < -0.39 is 29.6 Å². The normalized spacial score (nSPS) is 14.0. The van der Waals surface area contributed by atoms with Crippen LogP contribution in [-0.2, 0) is 14.3 Å². The maximum Gasteiger partial charge on any atom is 0.339 e. The van der Waals surface area contributed by atoms with Crippen molar-refractivity contribution in [3.8, 4) is 23.8 Å². The number of carbonyl (C=O) groups is 4. The quantitative estimate of drug-likeness (QED) is 0.195. The molecule has 3 rings (SSSR count). The zero-order valence-corrected chi connectivity index (χ0v) is 22.7. The van der Waals surface area contributed by atoms with Crippen molar-refractivity contribution in [2.24, 2.45) is 0 Å². The monoisotopic (exact) mass is 640 g/mol. The third-order valence-corrected chi connectivity index (χ3v) is 6.72. The third-order valence-electron chi connectivity index (χ3n) is 4.68. The van der Waals surface area contributed by atoms with Crippen molar-refractivity contribution in [1.29, 1.82) is 0 Å². The average molecular weight is 641 g/mol. The van der Waals surface area contributed by atoms with Gasteiger partial charge >= 0.3 is 5.97 Å². The number of terminal acetylenes is 1. The highest BCUT2D eigenvalue weighted by atomic mass is 127. The number of imide groups is 1. The number of methoxy groups -OCH3 is 2. The number of anilines is 1. The molecule has 0 bridgehead atoms. The van der Waals surface area contributed by atoms with Gasteiger partial charge in [-0.2, -0.15) is 0 Å². The molecule has 36 heavy (non-hydrogen) atoms. The number of carbonyl (C=O) groups excluding carboxylic acids is 4. The number of thioether (sulfide) groups is 1. The summed E-state index contributed by atoms with van der Waals surface area (Å²) in [6, 6.07) is 7.63. The summed E-state index contributed by atoms with van der Waals surface area (Å²) in [5.74, 6) is 1.34. The largest absolute Gasteiger partial charge is 0.493 e. The zero-order valence-electron chi connectivity index (χ0n) is 18.9. The van der Waals surface area contributed by atoms with Crippen LogP contribution in [0.15, 0.2) is 35.2 Å². The molecule has 1 aliphatic heterocycles. The second kappa shape index (κ2) is 12.2. The van der Waals surface area contributed by atoms with Gasteiger partial charge in [-0.05, 0) is 76.3 Å². The lowest BCUT2D eigenvalue weighted by Crippen LogP contribution is -2.36. The van der Waals surface area contributed by atoms with Gasteiger partial charge in [-0.3, -0.25) is 19.3 Å². The summed E-state index contributed by atoms with van der Waals surface area (Å²) < 4.78 is 16.2. The summed E-state index contributed by atoms with van der Waals surface area (Å²) in [6.45, 7) is -0.454. The highest BCUT2D eigenvalue weighted by Crippen LogP contribution is 2.37. The maximum absolute atomic E-state index is 12.9. The molecule has 1 N–H and O–H groups in total. The van der Waals surface area contributed by atoms with Crippen LogP contribution in [-0.4, -0.2) is 55.3 Å². The van der Waals surface area contributed by atoms with Gasteiger partial charge in [-0.15, -0.1) is 6.42 Å². The van der Waals surface area contributed by atoms with E-state index in [4.69, 9.17) is 27.5 Å². The van der Waals surface area contributed by atoms with Gasteiger partial charge in [-0.25, -0.2) is 4.79 Å². The fourth-order valence-electron chi connectivity index (χ4n) is 3.08. The highest BCUT2D eigenvalue weighted by molar-refractivity contribution is 14.1. The lowest BCUT2D eigenvalue weighted by molar-refractivity contribution is -0.127. The van der Waals surface area contributed by atoms with Gasteiger partial charge in [0, 0.05) is 5.69 Å². The molecule has 1 aliphatic rings. The molecule has 1 heterocycles. The van der Waals surface area contributed by atoms with Gasteiger partial charge in [0.1, 0.15) is 13.2 Å². The van der Waals surface area contributed by atoms with Crippen LogP contribution in [0.3, 0.4) is 0 Å². The van der Waals surface area contributed by atoms with Crippen LogP contribution in [0.25, 0.3) is 6.08 Å². The fraction of sp³-hybridized carbons (Fsp3) is 0.167. The number of nitrogens with one attached hydrogen (secondary N) is 1. The van der Waals surface area contributed by atoms with E-state index >= 15 is 0 Å². The van der Waals surface area contributed by atoms with E-state index in [-0.39, 0.29) is 27.8 Å². The van der Waals surface area contributed by atoms with E-state index in [2.05, 4.69) is 16.0 Å². The van der Waals surface area contributed by atoms with E-state index in [0.717, 1.165) is 4.90 Å². The van der Waals surface area contributed by atoms with Gasteiger partial charge in [0.2, 0.25) is 5.91 Å². The van der Waals surface area contributed by atoms with Crippen molar-refractivity contribution in [3.05, 3.63) is 55.0 Å². The van der Waals surface area contributed by atoms with E-state index in [0.29, 0.717) is 32.4 Å². The predicted molar refractivity (Wildman–Crippen MR) is 144 cm³/mol. The molecule has 2 aromatic carbocycles. The molecular formula is C24H18ClIN2O7S. The minimum absolute atomic E-state index is 0.0619.